The number of non-ortho nitro benzene ring substituents is 1. The molecule has 1 aliphatic rings. The number of aliphatic hydroxyl groups excluding tert-OH is 2. The van der Waals surface area contributed by atoms with E-state index in [1.165, 1.54) is 36.3 Å². The zero-order valence-corrected chi connectivity index (χ0v) is 17.3. The average molecular weight is 442 g/mol. The van der Waals surface area contributed by atoms with Gasteiger partial charge in [-0.05, 0) is 18.2 Å². The molecule has 0 aliphatic carbocycles. The Bertz CT molecular complexity index is 1050. The third-order valence-corrected chi connectivity index (χ3v) is 5.04. The number of rotatable bonds is 9. The molecule has 32 heavy (non-hydrogen) atoms. The largest absolute Gasteiger partial charge is 0.507 e. The van der Waals surface area contributed by atoms with Crippen LogP contribution in [0.1, 0.15) is 17.2 Å². The smallest absolute Gasteiger partial charge is 0.295 e. The lowest BCUT2D eigenvalue weighted by Crippen LogP contribution is -2.33. The molecule has 1 aliphatic heterocycles. The van der Waals surface area contributed by atoms with E-state index in [0.29, 0.717) is 11.3 Å². The first-order valence-electron chi connectivity index (χ1n) is 9.75. The molecule has 3 rings (SSSR count). The number of methoxy groups -OCH3 is 1. The van der Waals surface area contributed by atoms with Crippen LogP contribution in [0, 0.1) is 10.1 Å². The number of Topliss-reactive ketones (excluding diaryl/α,β-unsaturated/α-hetero) is 1. The quantitative estimate of drug-likeness (QED) is 0.150. The predicted octanol–water partition coefficient (Wildman–Crippen LogP) is 2.03. The number of nitro groups is 1. The molecule has 0 bridgehead atoms. The van der Waals surface area contributed by atoms with E-state index < -0.39 is 28.4 Å². The lowest BCUT2D eigenvalue weighted by Gasteiger charge is -2.26. The predicted molar refractivity (Wildman–Crippen MR) is 113 cm³/mol. The van der Waals surface area contributed by atoms with E-state index in [0.717, 1.165) is 0 Å². The van der Waals surface area contributed by atoms with Gasteiger partial charge in [0, 0.05) is 29.8 Å². The van der Waals surface area contributed by atoms with Gasteiger partial charge in [-0.1, -0.05) is 18.2 Å². The van der Waals surface area contributed by atoms with Crippen LogP contribution in [0.25, 0.3) is 5.76 Å². The van der Waals surface area contributed by atoms with E-state index in [9.17, 15) is 24.8 Å². The van der Waals surface area contributed by atoms with Gasteiger partial charge in [-0.2, -0.15) is 0 Å². The topological polar surface area (TPSA) is 139 Å². The third-order valence-electron chi connectivity index (χ3n) is 5.04. The van der Waals surface area contributed by atoms with Crippen LogP contribution in [0.3, 0.4) is 0 Å². The van der Waals surface area contributed by atoms with Crippen molar-refractivity contribution in [3.05, 3.63) is 75.3 Å². The number of nitro benzene ring substituents is 1. The summed E-state index contributed by atoms with van der Waals surface area (Å²) in [6.07, 6.45) is 0. The van der Waals surface area contributed by atoms with E-state index in [1.807, 2.05) is 0 Å². The number of carbonyl (C=O) groups excluding carboxylic acids is 2. The van der Waals surface area contributed by atoms with Crippen LogP contribution in [0.2, 0.25) is 0 Å². The molecule has 1 saturated heterocycles. The molecule has 168 valence electrons. The Balaban J connectivity index is 2.10. The van der Waals surface area contributed by atoms with Crippen molar-refractivity contribution in [2.75, 3.05) is 33.5 Å². The SMILES string of the molecule is COc1ccccc1C1/C(=C(\O)c2ccc([N+](=O)[O-])cc2)C(=O)C(=O)N1CCOCCO. The fraction of sp³-hybridized carbons (Fsp3) is 0.273. The van der Waals surface area contributed by atoms with E-state index in [2.05, 4.69) is 0 Å². The summed E-state index contributed by atoms with van der Waals surface area (Å²) < 4.78 is 10.7. The maximum absolute atomic E-state index is 12.9. The van der Waals surface area contributed by atoms with Crippen LogP contribution in [-0.2, 0) is 14.3 Å². The molecule has 2 aromatic carbocycles. The number of aliphatic hydroxyl groups is 2. The minimum absolute atomic E-state index is 0.0321. The summed E-state index contributed by atoms with van der Waals surface area (Å²) in [5, 5.41) is 30.8. The van der Waals surface area contributed by atoms with E-state index >= 15 is 0 Å². The van der Waals surface area contributed by atoms with Gasteiger partial charge in [0.05, 0.1) is 43.5 Å². The number of hydrogen-bond donors (Lipinski definition) is 2. The summed E-state index contributed by atoms with van der Waals surface area (Å²) in [6, 6.07) is 10.9. The Morgan fingerprint density at radius 2 is 1.81 bits per heavy atom. The highest BCUT2D eigenvalue weighted by atomic mass is 16.6. The van der Waals surface area contributed by atoms with E-state index in [-0.39, 0.29) is 43.2 Å². The zero-order chi connectivity index (χ0) is 23.3. The highest BCUT2D eigenvalue weighted by Crippen LogP contribution is 2.42. The van der Waals surface area contributed by atoms with Crippen molar-refractivity contribution >= 4 is 23.1 Å². The van der Waals surface area contributed by atoms with Crippen molar-refractivity contribution in [1.82, 2.24) is 4.90 Å². The highest BCUT2D eigenvalue weighted by Gasteiger charge is 2.46. The van der Waals surface area contributed by atoms with Gasteiger partial charge in [0.25, 0.3) is 17.4 Å². The Labute approximate surface area is 183 Å². The number of amides is 1. The van der Waals surface area contributed by atoms with Crippen molar-refractivity contribution in [2.24, 2.45) is 0 Å². The van der Waals surface area contributed by atoms with Crippen LogP contribution in [-0.4, -0.2) is 65.2 Å². The van der Waals surface area contributed by atoms with Crippen LogP contribution in [0.5, 0.6) is 5.75 Å². The van der Waals surface area contributed by atoms with Gasteiger partial charge in [-0.3, -0.25) is 19.7 Å². The summed E-state index contributed by atoms with van der Waals surface area (Å²) in [4.78, 5) is 37.4. The lowest BCUT2D eigenvalue weighted by atomic mass is 9.94. The van der Waals surface area contributed by atoms with Crippen molar-refractivity contribution in [2.45, 2.75) is 6.04 Å². The minimum Gasteiger partial charge on any atom is -0.507 e. The Morgan fingerprint density at radius 3 is 2.44 bits per heavy atom. The van der Waals surface area contributed by atoms with Gasteiger partial charge in [-0.15, -0.1) is 0 Å². The van der Waals surface area contributed by atoms with Crippen LogP contribution < -0.4 is 4.74 Å². The van der Waals surface area contributed by atoms with Gasteiger partial charge in [0.15, 0.2) is 0 Å². The third kappa shape index (κ3) is 4.46. The molecule has 2 aromatic rings. The van der Waals surface area contributed by atoms with Gasteiger partial charge >= 0.3 is 0 Å². The fourth-order valence-corrected chi connectivity index (χ4v) is 3.55. The van der Waals surface area contributed by atoms with Gasteiger partial charge in [0.2, 0.25) is 0 Å². The van der Waals surface area contributed by atoms with E-state index in [1.54, 1.807) is 24.3 Å². The molecule has 1 amide bonds. The van der Waals surface area contributed by atoms with Crippen LogP contribution in [0.4, 0.5) is 5.69 Å². The molecule has 0 spiro atoms. The second kappa shape index (κ2) is 10.0. The summed E-state index contributed by atoms with van der Waals surface area (Å²) >= 11 is 0. The number of nitrogens with zero attached hydrogens (tertiary/aromatic N) is 2. The molecule has 10 nitrogen and oxygen atoms in total. The fourth-order valence-electron chi connectivity index (χ4n) is 3.55. The molecular weight excluding hydrogens is 420 g/mol. The maximum atomic E-state index is 12.9. The standard InChI is InChI=1S/C22H22N2O8/c1-31-17-5-3-2-4-16(17)19-18(20(26)14-6-8-15(9-7-14)24(29)30)21(27)22(28)23(19)10-12-32-13-11-25/h2-9,19,25-26H,10-13H2,1H3/b20-18+. The summed E-state index contributed by atoms with van der Waals surface area (Å²) in [5.74, 6) is -1.75. The van der Waals surface area contributed by atoms with Gasteiger partial charge in [0.1, 0.15) is 11.5 Å². The normalized spacial score (nSPS) is 17.6. The minimum atomic E-state index is -0.959. The molecule has 1 atom stereocenters. The molecule has 0 aromatic heterocycles. The van der Waals surface area contributed by atoms with Crippen molar-refractivity contribution in [1.29, 1.82) is 0 Å². The number of likely N-dealkylation sites (tertiary alicyclic amines) is 1. The summed E-state index contributed by atoms with van der Waals surface area (Å²) in [7, 11) is 1.45. The Morgan fingerprint density at radius 1 is 1.12 bits per heavy atom. The van der Waals surface area contributed by atoms with Crippen molar-refractivity contribution in [3.8, 4) is 5.75 Å². The van der Waals surface area contributed by atoms with Gasteiger partial charge < -0.3 is 24.6 Å². The Hall–Kier alpha value is -3.76. The van der Waals surface area contributed by atoms with Gasteiger partial charge in [-0.25, -0.2) is 0 Å². The maximum Gasteiger partial charge on any atom is 0.295 e. The average Bonchev–Trinajstić information content (AvgIpc) is 3.06. The number of ether oxygens (including phenoxy) is 2. The molecule has 1 unspecified atom stereocenters. The monoisotopic (exact) mass is 442 g/mol. The lowest BCUT2D eigenvalue weighted by molar-refractivity contribution is -0.384. The number of carbonyl (C=O) groups is 2. The first-order chi connectivity index (χ1) is 15.4. The van der Waals surface area contributed by atoms with E-state index in [4.69, 9.17) is 14.6 Å². The Kier molecular flexibility index (Phi) is 7.18. The molecule has 10 heteroatoms. The number of hydrogen-bond acceptors (Lipinski definition) is 8. The highest BCUT2D eigenvalue weighted by molar-refractivity contribution is 6.46. The molecule has 0 saturated carbocycles. The first kappa shape index (κ1) is 22.9. The molecule has 1 heterocycles. The van der Waals surface area contributed by atoms with Crippen LogP contribution in [0.15, 0.2) is 54.1 Å². The first-order valence-corrected chi connectivity index (χ1v) is 9.75. The molecule has 1 fully saturated rings. The molecular formula is C22H22N2O8. The number of ketones is 1. The summed E-state index contributed by atoms with van der Waals surface area (Å²) in [5.41, 5.74) is 0.310. The second-order valence-corrected chi connectivity index (χ2v) is 6.87. The number of para-hydroxylation sites is 1. The molecule has 2 N–H and O–H groups in total. The van der Waals surface area contributed by atoms with Crippen molar-refractivity contribution < 1.29 is 34.2 Å². The molecule has 0 radical (unpaired) electrons. The van der Waals surface area contributed by atoms with Crippen LogP contribution >= 0.6 is 0 Å². The second-order valence-electron chi connectivity index (χ2n) is 6.87. The van der Waals surface area contributed by atoms with Crippen molar-refractivity contribution in [3.63, 3.8) is 0 Å². The summed E-state index contributed by atoms with van der Waals surface area (Å²) in [6.45, 7) is -0.0118. The number of benzene rings is 2. The zero-order valence-electron chi connectivity index (χ0n) is 17.3.